The number of rotatable bonds is 3. The number of nitrogens with two attached hydrogens (primary N) is 1. The number of β-amino-alcohol motifs (C(OH)–C–C–N with tert-alkyl or cyclic N) is 2. The molecule has 1 unspecified atom stereocenters. The number of aliphatic hydroxyl groups is 2. The van der Waals surface area contributed by atoms with Crippen LogP contribution < -0.4 is 11.1 Å². The van der Waals surface area contributed by atoms with Crippen LogP contribution >= 0.6 is 0 Å². The third-order valence-corrected chi connectivity index (χ3v) is 1.94. The maximum Gasteiger partial charge on any atom is 0.117 e. The number of aliphatic hydroxyl groups excluding tert-OH is 2. The highest BCUT2D eigenvalue weighted by Crippen LogP contribution is 1.94. The Kier molecular flexibility index (Phi) is 9.23. The third kappa shape index (κ3) is 7.23. The van der Waals surface area contributed by atoms with E-state index in [1.54, 1.807) is 0 Å². The number of nitrogens with zero attached hydrogens (tertiary/aromatic N) is 1. The monoisotopic (exact) mass is 205 g/mol. The van der Waals surface area contributed by atoms with Crippen molar-refractivity contribution >= 4 is 0 Å². The maximum absolute atomic E-state index is 9.07. The van der Waals surface area contributed by atoms with Crippen LogP contribution in [0.2, 0.25) is 0 Å². The highest BCUT2D eigenvalue weighted by Gasteiger charge is 2.15. The quantitative estimate of drug-likeness (QED) is 0.453. The molecular weight excluding hydrogens is 182 g/mol. The van der Waals surface area contributed by atoms with E-state index in [0.29, 0.717) is 13.1 Å². The molecule has 0 aromatic heterocycles. The topological polar surface area (TPSA) is 81.8 Å². The Morgan fingerprint density at radius 3 is 2.64 bits per heavy atom. The van der Waals surface area contributed by atoms with E-state index in [1.165, 1.54) is 0 Å². The Bertz CT molecular complexity index is 121. The van der Waals surface area contributed by atoms with Crippen LogP contribution in [0.15, 0.2) is 0 Å². The van der Waals surface area contributed by atoms with Gasteiger partial charge >= 0.3 is 0 Å². The van der Waals surface area contributed by atoms with Crippen LogP contribution in [0.4, 0.5) is 0 Å². The molecule has 0 amide bonds. The second-order valence-electron chi connectivity index (χ2n) is 3.28. The molecule has 0 aromatic rings. The Balaban J connectivity index is 0.000000364. The fraction of sp³-hybridized carbons (Fsp3) is 1.00. The third-order valence-electron chi connectivity index (χ3n) is 1.94. The van der Waals surface area contributed by atoms with Gasteiger partial charge in [-0.1, -0.05) is 6.92 Å². The van der Waals surface area contributed by atoms with E-state index in [9.17, 15) is 0 Å². The van der Waals surface area contributed by atoms with Crippen LogP contribution in [-0.2, 0) is 0 Å². The molecule has 86 valence electrons. The van der Waals surface area contributed by atoms with Crippen molar-refractivity contribution in [3.8, 4) is 0 Å². The van der Waals surface area contributed by atoms with Crippen molar-refractivity contribution < 1.29 is 10.2 Å². The van der Waals surface area contributed by atoms with E-state index in [1.807, 2.05) is 4.90 Å². The molecule has 0 aromatic carbocycles. The van der Waals surface area contributed by atoms with Gasteiger partial charge in [0.1, 0.15) is 6.23 Å². The zero-order valence-corrected chi connectivity index (χ0v) is 8.95. The Morgan fingerprint density at radius 1 is 1.57 bits per heavy atom. The minimum atomic E-state index is -0.416. The van der Waals surface area contributed by atoms with Gasteiger partial charge in [0.25, 0.3) is 0 Å². The molecule has 0 bridgehead atoms. The molecular formula is C9H23N3O2. The number of piperazine rings is 1. The molecule has 1 fully saturated rings. The first-order chi connectivity index (χ1) is 6.74. The molecule has 5 heteroatoms. The van der Waals surface area contributed by atoms with Gasteiger partial charge in [0.2, 0.25) is 0 Å². The lowest BCUT2D eigenvalue weighted by Crippen LogP contribution is -2.51. The average molecular weight is 205 g/mol. The molecule has 0 radical (unpaired) electrons. The smallest absolute Gasteiger partial charge is 0.117 e. The van der Waals surface area contributed by atoms with E-state index in [0.717, 1.165) is 26.1 Å². The molecule has 1 rings (SSSR count). The largest absolute Gasteiger partial charge is 0.395 e. The predicted molar refractivity (Wildman–Crippen MR) is 56.9 cm³/mol. The van der Waals surface area contributed by atoms with Gasteiger partial charge < -0.3 is 15.9 Å². The molecule has 0 saturated carbocycles. The molecule has 1 heterocycles. The summed E-state index contributed by atoms with van der Waals surface area (Å²) in [5, 5.41) is 20.5. The molecule has 5 nitrogen and oxygen atoms in total. The van der Waals surface area contributed by atoms with Crippen molar-refractivity contribution in [3.05, 3.63) is 0 Å². The standard InChI is InChI=1S/C6H14N2O2.C3H9N/c9-4-3-8-2-1-7-6(10)5-8;1-2-3-4/h6-7,9-10H,1-5H2;2-4H2,1H3. The lowest BCUT2D eigenvalue weighted by molar-refractivity contribution is 0.0468. The highest BCUT2D eigenvalue weighted by molar-refractivity contribution is 4.70. The van der Waals surface area contributed by atoms with Crippen molar-refractivity contribution in [2.45, 2.75) is 19.6 Å². The SMILES string of the molecule is CCCN.OCCN1CCNC(O)C1. The highest BCUT2D eigenvalue weighted by atomic mass is 16.3. The lowest BCUT2D eigenvalue weighted by Gasteiger charge is -2.29. The van der Waals surface area contributed by atoms with E-state index in [4.69, 9.17) is 15.9 Å². The summed E-state index contributed by atoms with van der Waals surface area (Å²) in [5.41, 5.74) is 5.03. The molecule has 1 aliphatic rings. The second kappa shape index (κ2) is 9.36. The van der Waals surface area contributed by atoms with Crippen LogP contribution in [0.5, 0.6) is 0 Å². The summed E-state index contributed by atoms with van der Waals surface area (Å²) in [7, 11) is 0. The van der Waals surface area contributed by atoms with Gasteiger partial charge in [-0.25, -0.2) is 0 Å². The molecule has 1 aliphatic heterocycles. The minimum Gasteiger partial charge on any atom is -0.395 e. The zero-order valence-electron chi connectivity index (χ0n) is 8.95. The first-order valence-corrected chi connectivity index (χ1v) is 5.19. The van der Waals surface area contributed by atoms with Crippen molar-refractivity contribution in [2.75, 3.05) is 39.3 Å². The summed E-state index contributed by atoms with van der Waals surface area (Å²) < 4.78 is 0. The summed E-state index contributed by atoms with van der Waals surface area (Å²) in [6.07, 6.45) is 0.681. The Morgan fingerprint density at radius 2 is 2.21 bits per heavy atom. The van der Waals surface area contributed by atoms with Gasteiger partial charge in [-0.05, 0) is 13.0 Å². The van der Waals surface area contributed by atoms with Crippen molar-refractivity contribution in [1.82, 2.24) is 10.2 Å². The summed E-state index contributed by atoms with van der Waals surface area (Å²) in [6, 6.07) is 0. The molecule has 0 aliphatic carbocycles. The normalized spacial score (nSPS) is 22.7. The summed E-state index contributed by atoms with van der Waals surface area (Å²) in [4.78, 5) is 2.03. The fourth-order valence-electron chi connectivity index (χ4n) is 1.13. The van der Waals surface area contributed by atoms with Crippen LogP contribution in [-0.4, -0.2) is 60.7 Å². The van der Waals surface area contributed by atoms with E-state index in [-0.39, 0.29) is 6.61 Å². The zero-order chi connectivity index (χ0) is 10.8. The van der Waals surface area contributed by atoms with Crippen molar-refractivity contribution in [2.24, 2.45) is 5.73 Å². The molecule has 14 heavy (non-hydrogen) atoms. The summed E-state index contributed by atoms with van der Waals surface area (Å²) in [6.45, 7) is 6.06. The van der Waals surface area contributed by atoms with Crippen molar-refractivity contribution in [1.29, 1.82) is 0 Å². The van der Waals surface area contributed by atoms with Crippen molar-refractivity contribution in [3.63, 3.8) is 0 Å². The molecule has 0 spiro atoms. The van der Waals surface area contributed by atoms with E-state index >= 15 is 0 Å². The minimum absolute atomic E-state index is 0.173. The number of nitrogens with one attached hydrogen (secondary N) is 1. The van der Waals surface area contributed by atoms with E-state index in [2.05, 4.69) is 12.2 Å². The van der Waals surface area contributed by atoms with Gasteiger partial charge in [0.05, 0.1) is 6.61 Å². The lowest BCUT2D eigenvalue weighted by atomic mass is 10.3. The van der Waals surface area contributed by atoms with Gasteiger partial charge in [0, 0.05) is 26.2 Å². The van der Waals surface area contributed by atoms with Gasteiger partial charge in [-0.2, -0.15) is 0 Å². The summed E-state index contributed by atoms with van der Waals surface area (Å²) in [5.74, 6) is 0. The van der Waals surface area contributed by atoms with E-state index < -0.39 is 6.23 Å². The van der Waals surface area contributed by atoms with Crippen LogP contribution in [0.25, 0.3) is 0 Å². The van der Waals surface area contributed by atoms with Crippen LogP contribution in [0, 0.1) is 0 Å². The second-order valence-corrected chi connectivity index (χ2v) is 3.28. The van der Waals surface area contributed by atoms with Gasteiger partial charge in [-0.15, -0.1) is 0 Å². The Hall–Kier alpha value is -0.200. The number of hydrogen-bond acceptors (Lipinski definition) is 5. The maximum atomic E-state index is 9.07. The molecule has 1 saturated heterocycles. The predicted octanol–water partition coefficient (Wildman–Crippen LogP) is -1.44. The van der Waals surface area contributed by atoms with Gasteiger partial charge in [0.15, 0.2) is 0 Å². The summed E-state index contributed by atoms with van der Waals surface area (Å²) >= 11 is 0. The first kappa shape index (κ1) is 13.8. The van der Waals surface area contributed by atoms with Crippen LogP contribution in [0.1, 0.15) is 13.3 Å². The molecule has 1 atom stereocenters. The van der Waals surface area contributed by atoms with Crippen LogP contribution in [0.3, 0.4) is 0 Å². The van der Waals surface area contributed by atoms with Gasteiger partial charge in [-0.3, -0.25) is 10.2 Å². The first-order valence-electron chi connectivity index (χ1n) is 5.19. The fourth-order valence-corrected chi connectivity index (χ4v) is 1.13. The average Bonchev–Trinajstić information content (AvgIpc) is 2.19. The Labute approximate surface area is 85.9 Å². The number of hydrogen-bond donors (Lipinski definition) is 4. The molecule has 5 N–H and O–H groups in total.